The van der Waals surface area contributed by atoms with E-state index in [1.165, 1.54) is 0 Å². The minimum Gasteiger partial charge on any atom is -0.366 e. The van der Waals surface area contributed by atoms with Gasteiger partial charge in [0.15, 0.2) is 0 Å². The molecule has 3 aromatic rings. The van der Waals surface area contributed by atoms with Crippen molar-refractivity contribution in [2.75, 3.05) is 0 Å². The molecule has 0 fully saturated rings. The third-order valence-corrected chi connectivity index (χ3v) is 3.10. The second-order valence-corrected chi connectivity index (χ2v) is 4.29. The predicted molar refractivity (Wildman–Crippen MR) is 72.5 cm³/mol. The number of nitrogens with two attached hydrogens (primary N) is 1. The van der Waals surface area contributed by atoms with Crippen LogP contribution in [0.25, 0.3) is 22.3 Å². The van der Waals surface area contributed by atoms with Crippen LogP contribution in [0.15, 0.2) is 42.9 Å². The number of aromatic nitrogens is 3. The topological polar surface area (TPSA) is 73.8 Å². The predicted octanol–water partition coefficient (Wildman–Crippen LogP) is 1.73. The summed E-state index contributed by atoms with van der Waals surface area (Å²) < 4.78 is 1.92. The van der Waals surface area contributed by atoms with Crippen LogP contribution in [0.1, 0.15) is 10.4 Å². The number of carbonyl (C=O) groups is 1. The van der Waals surface area contributed by atoms with Gasteiger partial charge in [-0.05, 0) is 24.3 Å². The summed E-state index contributed by atoms with van der Waals surface area (Å²) in [6, 6.07) is 7.18. The summed E-state index contributed by atoms with van der Waals surface area (Å²) in [6.45, 7) is 0. The second-order valence-electron chi connectivity index (χ2n) is 4.29. The van der Waals surface area contributed by atoms with Crippen molar-refractivity contribution in [1.82, 2.24) is 14.5 Å². The molecule has 5 nitrogen and oxygen atoms in total. The van der Waals surface area contributed by atoms with Crippen molar-refractivity contribution in [1.29, 1.82) is 0 Å². The highest BCUT2D eigenvalue weighted by molar-refractivity contribution is 6.03. The van der Waals surface area contributed by atoms with E-state index in [1.54, 1.807) is 24.5 Å². The summed E-state index contributed by atoms with van der Waals surface area (Å²) in [4.78, 5) is 20.1. The smallest absolute Gasteiger partial charge is 0.250 e. The van der Waals surface area contributed by atoms with Crippen molar-refractivity contribution < 1.29 is 4.79 Å². The third-order valence-electron chi connectivity index (χ3n) is 3.10. The van der Waals surface area contributed by atoms with E-state index in [9.17, 15) is 4.79 Å². The van der Waals surface area contributed by atoms with Gasteiger partial charge in [0.05, 0.1) is 11.3 Å². The third kappa shape index (κ3) is 1.76. The molecular weight excluding hydrogens is 240 g/mol. The number of hydrogen-bond donors (Lipinski definition) is 1. The molecule has 0 aliphatic heterocycles. The molecule has 3 aromatic heterocycles. The summed E-state index contributed by atoms with van der Waals surface area (Å²) in [5.41, 5.74) is 8.12. The monoisotopic (exact) mass is 252 g/mol. The van der Waals surface area contributed by atoms with Crippen molar-refractivity contribution in [3.05, 3.63) is 48.4 Å². The van der Waals surface area contributed by atoms with E-state index in [0.717, 1.165) is 16.6 Å². The van der Waals surface area contributed by atoms with Gasteiger partial charge in [0, 0.05) is 36.6 Å². The maximum absolute atomic E-state index is 11.5. The van der Waals surface area contributed by atoms with E-state index in [2.05, 4.69) is 9.97 Å². The average molecular weight is 252 g/mol. The molecule has 0 saturated carbocycles. The molecular formula is C14H12N4O. The SMILES string of the molecule is Cn1ccc2c(-c3ncccc3C(N)=O)ccnc21. The molecule has 19 heavy (non-hydrogen) atoms. The normalized spacial score (nSPS) is 10.8. The summed E-state index contributed by atoms with van der Waals surface area (Å²) in [5, 5.41) is 0.950. The van der Waals surface area contributed by atoms with Crippen LogP contribution in [0, 0.1) is 0 Å². The van der Waals surface area contributed by atoms with Gasteiger partial charge in [0.25, 0.3) is 5.91 Å². The second kappa shape index (κ2) is 4.20. The zero-order valence-electron chi connectivity index (χ0n) is 10.4. The van der Waals surface area contributed by atoms with Gasteiger partial charge < -0.3 is 10.3 Å². The Morgan fingerprint density at radius 2 is 2.05 bits per heavy atom. The summed E-state index contributed by atoms with van der Waals surface area (Å²) in [6.07, 6.45) is 5.28. The summed E-state index contributed by atoms with van der Waals surface area (Å²) >= 11 is 0. The Morgan fingerprint density at radius 3 is 2.84 bits per heavy atom. The van der Waals surface area contributed by atoms with Gasteiger partial charge in [-0.1, -0.05) is 0 Å². The first-order chi connectivity index (χ1) is 9.18. The molecule has 5 heteroatoms. The van der Waals surface area contributed by atoms with Crippen LogP contribution in [-0.4, -0.2) is 20.4 Å². The van der Waals surface area contributed by atoms with Gasteiger partial charge >= 0.3 is 0 Å². The molecule has 0 radical (unpaired) electrons. The Balaban J connectivity index is 2.34. The van der Waals surface area contributed by atoms with Crippen LogP contribution in [0.3, 0.4) is 0 Å². The molecule has 3 heterocycles. The standard InChI is InChI=1S/C14H12N4O/c1-18-8-5-10-9(4-7-17-14(10)18)12-11(13(15)19)3-2-6-16-12/h2-8H,1H3,(H2,15,19). The van der Waals surface area contributed by atoms with Gasteiger partial charge in [-0.3, -0.25) is 9.78 Å². The van der Waals surface area contributed by atoms with Crippen molar-refractivity contribution in [3.63, 3.8) is 0 Å². The number of aryl methyl sites for hydroxylation is 1. The summed E-state index contributed by atoms with van der Waals surface area (Å²) in [7, 11) is 1.92. The largest absolute Gasteiger partial charge is 0.366 e. The van der Waals surface area contributed by atoms with Crippen molar-refractivity contribution in [3.8, 4) is 11.3 Å². The molecule has 0 aliphatic carbocycles. The minimum absolute atomic E-state index is 0.416. The highest BCUT2D eigenvalue weighted by atomic mass is 16.1. The first-order valence-corrected chi connectivity index (χ1v) is 5.83. The first-order valence-electron chi connectivity index (χ1n) is 5.83. The molecule has 2 N–H and O–H groups in total. The van der Waals surface area contributed by atoms with E-state index >= 15 is 0 Å². The molecule has 3 rings (SSSR count). The van der Waals surface area contributed by atoms with E-state index in [4.69, 9.17) is 5.73 Å². The van der Waals surface area contributed by atoms with E-state index in [-0.39, 0.29) is 0 Å². The average Bonchev–Trinajstić information content (AvgIpc) is 2.81. The highest BCUT2D eigenvalue weighted by Gasteiger charge is 2.14. The Hall–Kier alpha value is -2.69. The molecule has 0 atom stereocenters. The number of primary amides is 1. The van der Waals surface area contributed by atoms with Gasteiger partial charge in [0.2, 0.25) is 0 Å². The number of amides is 1. The Kier molecular flexibility index (Phi) is 2.52. The van der Waals surface area contributed by atoms with Crippen LogP contribution in [0.2, 0.25) is 0 Å². The number of pyridine rings is 2. The van der Waals surface area contributed by atoms with Crippen LogP contribution >= 0.6 is 0 Å². The quantitative estimate of drug-likeness (QED) is 0.754. The number of hydrogen-bond acceptors (Lipinski definition) is 3. The number of carbonyl (C=O) groups excluding carboxylic acids is 1. The van der Waals surface area contributed by atoms with Gasteiger partial charge in [-0.25, -0.2) is 4.98 Å². The molecule has 0 aliphatic rings. The van der Waals surface area contributed by atoms with E-state index < -0.39 is 5.91 Å². The lowest BCUT2D eigenvalue weighted by Gasteiger charge is -2.07. The van der Waals surface area contributed by atoms with E-state index in [1.807, 2.05) is 29.9 Å². The lowest BCUT2D eigenvalue weighted by molar-refractivity contribution is 0.100. The fraction of sp³-hybridized carbons (Fsp3) is 0.0714. The van der Waals surface area contributed by atoms with Gasteiger partial charge in [-0.15, -0.1) is 0 Å². The van der Waals surface area contributed by atoms with Crippen LogP contribution in [-0.2, 0) is 7.05 Å². The molecule has 0 bridgehead atoms. The maximum Gasteiger partial charge on any atom is 0.250 e. The first kappa shape index (κ1) is 11.4. The molecule has 94 valence electrons. The Bertz CT molecular complexity index is 776. The Labute approximate surface area is 109 Å². The molecule has 1 amide bonds. The lowest BCUT2D eigenvalue weighted by atomic mass is 10.0. The van der Waals surface area contributed by atoms with Gasteiger partial charge in [0.1, 0.15) is 5.65 Å². The van der Waals surface area contributed by atoms with Crippen molar-refractivity contribution in [2.45, 2.75) is 0 Å². The van der Waals surface area contributed by atoms with Crippen molar-refractivity contribution in [2.24, 2.45) is 12.8 Å². The Morgan fingerprint density at radius 1 is 1.21 bits per heavy atom. The fourth-order valence-electron chi connectivity index (χ4n) is 2.19. The van der Waals surface area contributed by atoms with Crippen LogP contribution in [0.4, 0.5) is 0 Å². The molecule has 0 aromatic carbocycles. The number of rotatable bonds is 2. The highest BCUT2D eigenvalue weighted by Crippen LogP contribution is 2.28. The molecule has 0 saturated heterocycles. The fourth-order valence-corrected chi connectivity index (χ4v) is 2.19. The van der Waals surface area contributed by atoms with Crippen molar-refractivity contribution >= 4 is 16.9 Å². The number of fused-ring (bicyclic) bond motifs is 1. The van der Waals surface area contributed by atoms with Crippen LogP contribution < -0.4 is 5.73 Å². The summed E-state index contributed by atoms with van der Waals surface area (Å²) in [5.74, 6) is -0.482. The molecule has 0 unspecified atom stereocenters. The lowest BCUT2D eigenvalue weighted by Crippen LogP contribution is -2.13. The number of nitrogens with zero attached hydrogens (tertiary/aromatic N) is 3. The molecule has 0 spiro atoms. The zero-order valence-corrected chi connectivity index (χ0v) is 10.4. The van der Waals surface area contributed by atoms with Gasteiger partial charge in [-0.2, -0.15) is 0 Å². The van der Waals surface area contributed by atoms with E-state index in [0.29, 0.717) is 11.3 Å². The minimum atomic E-state index is -0.482. The maximum atomic E-state index is 11.5. The van der Waals surface area contributed by atoms with Crippen LogP contribution in [0.5, 0.6) is 0 Å². The zero-order chi connectivity index (χ0) is 13.4.